The molecule has 5 heteroatoms. The van der Waals surface area contributed by atoms with Gasteiger partial charge in [0, 0.05) is 6.54 Å². The molecule has 0 radical (unpaired) electrons. The Balaban J connectivity index is 2.36. The Morgan fingerprint density at radius 2 is 1.75 bits per heavy atom. The Kier molecular flexibility index (Phi) is 9.99. The fourth-order valence-corrected chi connectivity index (χ4v) is 3.29. The molecule has 0 spiro atoms. The molecule has 0 bridgehead atoms. The van der Waals surface area contributed by atoms with Gasteiger partial charge in [-0.2, -0.15) is 0 Å². The largest absolute Gasteiger partial charge is 0.469 e. The second-order valence-corrected chi connectivity index (χ2v) is 7.39. The standard InChI is InChI=1S/C19H35NO4/c1-5-15-6-8-16(9-7-15)13-24-19(22)17(12-14(2)3)20-11-10-18(21)23-4/h14-17,20H,5-13H2,1-4H3. The minimum Gasteiger partial charge on any atom is -0.469 e. The van der Waals surface area contributed by atoms with Crippen LogP contribution in [-0.2, 0) is 19.1 Å². The Labute approximate surface area is 146 Å². The van der Waals surface area contributed by atoms with Crippen LogP contribution >= 0.6 is 0 Å². The van der Waals surface area contributed by atoms with E-state index in [-0.39, 0.29) is 24.4 Å². The van der Waals surface area contributed by atoms with Crippen LogP contribution in [0.2, 0.25) is 0 Å². The maximum Gasteiger partial charge on any atom is 0.323 e. The van der Waals surface area contributed by atoms with E-state index in [0.717, 1.165) is 18.8 Å². The molecule has 0 amide bonds. The highest BCUT2D eigenvalue weighted by molar-refractivity contribution is 5.76. The number of nitrogens with one attached hydrogen (secondary N) is 1. The van der Waals surface area contributed by atoms with Gasteiger partial charge in [0.05, 0.1) is 20.1 Å². The van der Waals surface area contributed by atoms with Gasteiger partial charge in [-0.1, -0.05) is 40.0 Å². The molecule has 24 heavy (non-hydrogen) atoms. The van der Waals surface area contributed by atoms with Crippen molar-refractivity contribution < 1.29 is 19.1 Å². The molecule has 5 nitrogen and oxygen atoms in total. The summed E-state index contributed by atoms with van der Waals surface area (Å²) in [4.78, 5) is 23.6. The molecule has 1 aliphatic rings. The minimum absolute atomic E-state index is 0.189. The number of hydrogen-bond donors (Lipinski definition) is 1. The first-order valence-corrected chi connectivity index (χ1v) is 9.43. The molecule has 1 fully saturated rings. The molecule has 140 valence electrons. The van der Waals surface area contributed by atoms with Crippen LogP contribution in [0.5, 0.6) is 0 Å². The lowest BCUT2D eigenvalue weighted by Gasteiger charge is -2.28. The number of hydrogen-bond acceptors (Lipinski definition) is 5. The quantitative estimate of drug-likeness (QED) is 0.618. The highest BCUT2D eigenvalue weighted by atomic mass is 16.5. The molecule has 1 saturated carbocycles. The molecular formula is C19H35NO4. The molecule has 1 unspecified atom stereocenters. The normalized spacial score (nSPS) is 22.2. The van der Waals surface area contributed by atoms with Gasteiger partial charge in [0.1, 0.15) is 6.04 Å². The van der Waals surface area contributed by atoms with Crippen LogP contribution in [0.3, 0.4) is 0 Å². The van der Waals surface area contributed by atoms with E-state index in [1.165, 1.54) is 26.4 Å². The molecule has 0 saturated heterocycles. The Bertz CT molecular complexity index is 376. The Morgan fingerprint density at radius 1 is 1.12 bits per heavy atom. The van der Waals surface area contributed by atoms with Gasteiger partial charge in [-0.05, 0) is 37.0 Å². The highest BCUT2D eigenvalue weighted by Crippen LogP contribution is 2.30. The Hall–Kier alpha value is -1.10. The molecule has 1 atom stereocenters. The summed E-state index contributed by atoms with van der Waals surface area (Å²) in [6, 6.07) is -0.346. The number of rotatable bonds is 10. The minimum atomic E-state index is -0.346. The van der Waals surface area contributed by atoms with Crippen LogP contribution in [-0.4, -0.2) is 38.2 Å². The van der Waals surface area contributed by atoms with Crippen LogP contribution in [0.25, 0.3) is 0 Å². The summed E-state index contributed by atoms with van der Waals surface area (Å²) in [5, 5.41) is 3.14. The first-order chi connectivity index (χ1) is 11.5. The number of ether oxygens (including phenoxy) is 2. The van der Waals surface area contributed by atoms with E-state index in [1.807, 2.05) is 0 Å². The van der Waals surface area contributed by atoms with Gasteiger partial charge in [0.25, 0.3) is 0 Å². The van der Waals surface area contributed by atoms with Gasteiger partial charge in [-0.3, -0.25) is 9.59 Å². The predicted octanol–water partition coefficient (Wildman–Crippen LogP) is 3.31. The zero-order valence-corrected chi connectivity index (χ0v) is 15.8. The van der Waals surface area contributed by atoms with E-state index in [0.29, 0.717) is 31.4 Å². The fraction of sp³-hybridized carbons (Fsp3) is 0.895. The van der Waals surface area contributed by atoms with E-state index < -0.39 is 0 Å². The monoisotopic (exact) mass is 341 g/mol. The molecule has 1 aliphatic carbocycles. The molecule has 1 N–H and O–H groups in total. The molecule has 0 aromatic heterocycles. The summed E-state index contributed by atoms with van der Waals surface area (Å²) < 4.78 is 10.2. The number of esters is 2. The Morgan fingerprint density at radius 3 is 2.29 bits per heavy atom. The lowest BCUT2D eigenvalue weighted by atomic mass is 9.81. The van der Waals surface area contributed by atoms with E-state index in [1.54, 1.807) is 0 Å². The fourth-order valence-electron chi connectivity index (χ4n) is 3.29. The van der Waals surface area contributed by atoms with Crippen molar-refractivity contribution in [3.05, 3.63) is 0 Å². The number of carbonyl (C=O) groups is 2. The lowest BCUT2D eigenvalue weighted by molar-refractivity contribution is -0.149. The van der Waals surface area contributed by atoms with Gasteiger partial charge in [-0.25, -0.2) is 0 Å². The molecule has 0 heterocycles. The van der Waals surface area contributed by atoms with Gasteiger partial charge in [0.15, 0.2) is 0 Å². The molecule has 1 rings (SSSR count). The van der Waals surface area contributed by atoms with E-state index in [9.17, 15) is 9.59 Å². The summed E-state index contributed by atoms with van der Waals surface area (Å²) in [6.45, 7) is 7.37. The van der Waals surface area contributed by atoms with Gasteiger partial charge >= 0.3 is 11.9 Å². The highest BCUT2D eigenvalue weighted by Gasteiger charge is 2.24. The van der Waals surface area contributed by atoms with Crippen molar-refractivity contribution in [2.24, 2.45) is 17.8 Å². The summed E-state index contributed by atoms with van der Waals surface area (Å²) in [5.74, 6) is 1.28. The molecule has 0 aromatic carbocycles. The second kappa shape index (κ2) is 11.5. The van der Waals surface area contributed by atoms with Crippen molar-refractivity contribution in [2.45, 2.75) is 71.8 Å². The van der Waals surface area contributed by atoms with E-state index in [4.69, 9.17) is 4.74 Å². The summed E-state index contributed by atoms with van der Waals surface area (Å²) >= 11 is 0. The predicted molar refractivity (Wildman–Crippen MR) is 94.6 cm³/mol. The number of methoxy groups -OCH3 is 1. The van der Waals surface area contributed by atoms with Crippen molar-refractivity contribution >= 4 is 11.9 Å². The summed E-state index contributed by atoms with van der Waals surface area (Å²) in [5.41, 5.74) is 0. The van der Waals surface area contributed by atoms with Crippen LogP contribution in [0.4, 0.5) is 0 Å². The van der Waals surface area contributed by atoms with Gasteiger partial charge in [-0.15, -0.1) is 0 Å². The zero-order chi connectivity index (χ0) is 17.9. The van der Waals surface area contributed by atoms with Crippen LogP contribution in [0.15, 0.2) is 0 Å². The maximum absolute atomic E-state index is 12.4. The first kappa shape index (κ1) is 20.9. The third-order valence-electron chi connectivity index (χ3n) is 4.94. The maximum atomic E-state index is 12.4. The van der Waals surface area contributed by atoms with Crippen molar-refractivity contribution in [2.75, 3.05) is 20.3 Å². The van der Waals surface area contributed by atoms with E-state index in [2.05, 4.69) is 30.8 Å². The summed E-state index contributed by atoms with van der Waals surface area (Å²) in [7, 11) is 1.37. The van der Waals surface area contributed by atoms with Crippen molar-refractivity contribution in [3.8, 4) is 0 Å². The average Bonchev–Trinajstić information content (AvgIpc) is 2.58. The van der Waals surface area contributed by atoms with Crippen LogP contribution in [0.1, 0.15) is 65.7 Å². The zero-order valence-electron chi connectivity index (χ0n) is 15.8. The smallest absolute Gasteiger partial charge is 0.323 e. The van der Waals surface area contributed by atoms with Crippen LogP contribution in [0, 0.1) is 17.8 Å². The third kappa shape index (κ3) is 8.13. The van der Waals surface area contributed by atoms with Crippen molar-refractivity contribution in [3.63, 3.8) is 0 Å². The third-order valence-corrected chi connectivity index (χ3v) is 4.94. The van der Waals surface area contributed by atoms with Gasteiger partial charge in [0.2, 0.25) is 0 Å². The topological polar surface area (TPSA) is 64.6 Å². The van der Waals surface area contributed by atoms with Gasteiger partial charge < -0.3 is 14.8 Å². The van der Waals surface area contributed by atoms with Crippen molar-refractivity contribution in [1.82, 2.24) is 5.32 Å². The average molecular weight is 341 g/mol. The second-order valence-electron chi connectivity index (χ2n) is 7.39. The SMILES string of the molecule is CCC1CCC(COC(=O)C(CC(C)C)NCCC(=O)OC)CC1. The van der Waals surface area contributed by atoms with Crippen molar-refractivity contribution in [1.29, 1.82) is 0 Å². The lowest BCUT2D eigenvalue weighted by Crippen LogP contribution is -2.41. The molecule has 0 aliphatic heterocycles. The first-order valence-electron chi connectivity index (χ1n) is 9.43. The van der Waals surface area contributed by atoms with Crippen LogP contribution < -0.4 is 5.32 Å². The molecular weight excluding hydrogens is 306 g/mol. The number of carbonyl (C=O) groups excluding carboxylic acids is 2. The molecule has 0 aromatic rings. The summed E-state index contributed by atoms with van der Waals surface area (Å²) in [6.07, 6.45) is 7.07. The van der Waals surface area contributed by atoms with E-state index >= 15 is 0 Å².